The summed E-state index contributed by atoms with van der Waals surface area (Å²) in [4.78, 5) is 21.3. The van der Waals surface area contributed by atoms with Gasteiger partial charge in [-0.05, 0) is 56.9 Å². The van der Waals surface area contributed by atoms with Gasteiger partial charge in [0.15, 0.2) is 11.6 Å². The Morgan fingerprint density at radius 2 is 1.10 bits per heavy atom. The van der Waals surface area contributed by atoms with Crippen LogP contribution in [0.4, 0.5) is 0 Å². The highest BCUT2D eigenvalue weighted by atomic mass is 32.1. The number of nitrogens with zero attached hydrogens (tertiary/aromatic N) is 5. The third-order valence-corrected chi connectivity index (χ3v) is 11.2. The second-order valence-corrected chi connectivity index (χ2v) is 14.1. The number of thiophene rings is 1. The van der Waals surface area contributed by atoms with Gasteiger partial charge in [-0.3, -0.25) is 4.57 Å². The summed E-state index contributed by atoms with van der Waals surface area (Å²) in [7, 11) is 0. The second-order valence-electron chi connectivity index (χ2n) is 13.1. The lowest BCUT2D eigenvalue weighted by atomic mass is 10.00. The fraction of sp³-hybridized carbons (Fsp3) is 0. The second kappa shape index (κ2) is 11.4. The number of hydrogen-bond acceptors (Lipinski definition) is 5. The molecule has 4 heterocycles. The highest BCUT2D eigenvalue weighted by Crippen LogP contribution is 2.42. The van der Waals surface area contributed by atoms with Gasteiger partial charge in [0.1, 0.15) is 10.5 Å². The van der Waals surface area contributed by atoms with Crippen LogP contribution in [0.15, 0.2) is 164 Å². The summed E-state index contributed by atoms with van der Waals surface area (Å²) in [5.41, 5.74) is 7.10. The van der Waals surface area contributed by atoms with E-state index in [-0.39, 0.29) is 0 Å². The Balaban J connectivity index is 1.10. The molecular formula is C46H27N5S. The van der Waals surface area contributed by atoms with Crippen LogP contribution in [0.3, 0.4) is 0 Å². The molecule has 0 bridgehead atoms. The number of aromatic nitrogens is 5. The maximum atomic E-state index is 5.21. The molecule has 0 saturated heterocycles. The van der Waals surface area contributed by atoms with E-state index in [0.717, 1.165) is 43.7 Å². The molecule has 0 amide bonds. The molecule has 0 aliphatic carbocycles. The van der Waals surface area contributed by atoms with Gasteiger partial charge in [0, 0.05) is 31.8 Å². The average molecular weight is 682 g/mol. The Morgan fingerprint density at radius 3 is 1.75 bits per heavy atom. The summed E-state index contributed by atoms with van der Waals surface area (Å²) in [6.07, 6.45) is 3.66. The van der Waals surface area contributed by atoms with Crippen molar-refractivity contribution in [2.24, 2.45) is 0 Å². The number of fused-ring (bicyclic) bond motifs is 10. The predicted octanol–water partition coefficient (Wildman–Crippen LogP) is 12.0. The molecule has 0 aliphatic heterocycles. The van der Waals surface area contributed by atoms with Crippen molar-refractivity contribution in [1.29, 1.82) is 0 Å². The molecule has 0 unspecified atom stereocenters. The Hall–Kier alpha value is -6.76. The van der Waals surface area contributed by atoms with Crippen molar-refractivity contribution in [3.8, 4) is 39.7 Å². The van der Waals surface area contributed by atoms with E-state index >= 15 is 0 Å². The van der Waals surface area contributed by atoms with E-state index in [1.165, 1.54) is 48.1 Å². The van der Waals surface area contributed by atoms with Crippen LogP contribution in [-0.2, 0) is 0 Å². The van der Waals surface area contributed by atoms with Crippen LogP contribution < -0.4 is 0 Å². The van der Waals surface area contributed by atoms with Gasteiger partial charge in [0.25, 0.3) is 0 Å². The largest absolute Gasteiger partial charge is 0.292 e. The van der Waals surface area contributed by atoms with E-state index in [2.05, 4.69) is 144 Å². The lowest BCUT2D eigenvalue weighted by molar-refractivity contribution is 1.03. The summed E-state index contributed by atoms with van der Waals surface area (Å²) in [5.74, 6) is 1.30. The molecule has 52 heavy (non-hydrogen) atoms. The lowest BCUT2D eigenvalue weighted by Crippen LogP contribution is -2.01. The molecule has 0 spiro atoms. The summed E-state index contributed by atoms with van der Waals surface area (Å²) in [5, 5.41) is 9.51. The molecule has 4 aromatic heterocycles. The fourth-order valence-corrected chi connectivity index (χ4v) is 8.81. The number of hydrogen-bond donors (Lipinski definition) is 0. The molecule has 0 radical (unpaired) electrons. The molecule has 5 nitrogen and oxygen atoms in total. The Labute approximate surface area is 302 Å². The van der Waals surface area contributed by atoms with Crippen LogP contribution in [0, 0.1) is 0 Å². The molecule has 242 valence electrons. The molecule has 7 aromatic carbocycles. The summed E-state index contributed by atoms with van der Waals surface area (Å²) >= 11 is 1.69. The predicted molar refractivity (Wildman–Crippen MR) is 216 cm³/mol. The normalized spacial score (nSPS) is 11.8. The van der Waals surface area contributed by atoms with Crippen LogP contribution in [0.5, 0.6) is 0 Å². The first kappa shape index (κ1) is 29.0. The van der Waals surface area contributed by atoms with Gasteiger partial charge < -0.3 is 0 Å². The van der Waals surface area contributed by atoms with Crippen molar-refractivity contribution in [2.45, 2.75) is 0 Å². The van der Waals surface area contributed by atoms with Crippen molar-refractivity contribution in [1.82, 2.24) is 24.5 Å². The SMILES string of the molecule is c1ccc(-c2ccc3sc4nc(-c5cnc(-n6c7ccc8ccccc8c7c7c8ccccc8ccc76)cn5)nc(-c5ccccc5)c4c3c2)cc1. The maximum absolute atomic E-state index is 5.21. The smallest absolute Gasteiger partial charge is 0.181 e. The van der Waals surface area contributed by atoms with E-state index in [1.807, 2.05) is 24.5 Å². The zero-order valence-corrected chi connectivity index (χ0v) is 28.5. The first-order valence-corrected chi connectivity index (χ1v) is 18.1. The van der Waals surface area contributed by atoms with Crippen molar-refractivity contribution in [3.05, 3.63) is 164 Å². The van der Waals surface area contributed by atoms with E-state index < -0.39 is 0 Å². The van der Waals surface area contributed by atoms with Gasteiger partial charge in [0.2, 0.25) is 0 Å². The molecule has 0 aliphatic rings. The van der Waals surface area contributed by atoms with Gasteiger partial charge in [-0.15, -0.1) is 11.3 Å². The van der Waals surface area contributed by atoms with Crippen molar-refractivity contribution >= 4 is 75.0 Å². The minimum absolute atomic E-state index is 0.555. The van der Waals surface area contributed by atoms with Gasteiger partial charge in [0.05, 0.1) is 29.1 Å². The van der Waals surface area contributed by atoms with Crippen LogP contribution >= 0.6 is 11.3 Å². The topological polar surface area (TPSA) is 56.5 Å². The molecule has 0 N–H and O–H groups in total. The van der Waals surface area contributed by atoms with E-state index in [9.17, 15) is 0 Å². The molecule has 11 rings (SSSR count). The minimum atomic E-state index is 0.555. The monoisotopic (exact) mass is 681 g/mol. The van der Waals surface area contributed by atoms with Crippen LogP contribution in [0.1, 0.15) is 0 Å². The van der Waals surface area contributed by atoms with Crippen LogP contribution in [0.25, 0.3) is 103 Å². The quantitative estimate of drug-likeness (QED) is 0.185. The Bertz CT molecular complexity index is 3070. The minimum Gasteiger partial charge on any atom is -0.292 e. The van der Waals surface area contributed by atoms with Crippen molar-refractivity contribution < 1.29 is 0 Å². The van der Waals surface area contributed by atoms with E-state index in [0.29, 0.717) is 11.5 Å². The van der Waals surface area contributed by atoms with Gasteiger partial charge in [-0.1, -0.05) is 127 Å². The lowest BCUT2D eigenvalue weighted by Gasteiger charge is -2.09. The third-order valence-electron chi connectivity index (χ3n) is 10.1. The summed E-state index contributed by atoms with van der Waals surface area (Å²) < 4.78 is 3.40. The molecular weight excluding hydrogens is 655 g/mol. The van der Waals surface area contributed by atoms with Gasteiger partial charge >= 0.3 is 0 Å². The van der Waals surface area contributed by atoms with E-state index in [1.54, 1.807) is 11.3 Å². The first-order chi connectivity index (χ1) is 25.8. The van der Waals surface area contributed by atoms with Crippen LogP contribution in [0.2, 0.25) is 0 Å². The van der Waals surface area contributed by atoms with Crippen molar-refractivity contribution in [2.75, 3.05) is 0 Å². The molecule has 0 atom stereocenters. The fourth-order valence-electron chi connectivity index (χ4n) is 7.75. The van der Waals surface area contributed by atoms with E-state index in [4.69, 9.17) is 19.9 Å². The standard InChI is InChI=1S/C46H27N5S/c1-3-11-28(12-4-1)32-21-24-39-35(25-32)43-44(31-15-5-2-6-16-31)49-45(50-46(43)52-39)36-26-48-40(27-47-36)51-37-22-19-29-13-7-9-17-33(29)41(37)42-34-18-10-8-14-30(34)20-23-38(42)51/h1-27H. The highest BCUT2D eigenvalue weighted by Gasteiger charge is 2.20. The van der Waals surface area contributed by atoms with Crippen LogP contribution in [-0.4, -0.2) is 24.5 Å². The zero-order valence-electron chi connectivity index (χ0n) is 27.7. The first-order valence-electron chi connectivity index (χ1n) is 17.3. The highest BCUT2D eigenvalue weighted by molar-refractivity contribution is 7.25. The number of benzene rings is 7. The van der Waals surface area contributed by atoms with Gasteiger partial charge in [-0.25, -0.2) is 19.9 Å². The molecule has 0 fully saturated rings. The summed E-state index contributed by atoms with van der Waals surface area (Å²) in [6.45, 7) is 0. The maximum Gasteiger partial charge on any atom is 0.181 e. The summed E-state index contributed by atoms with van der Waals surface area (Å²) in [6, 6.07) is 53.5. The van der Waals surface area contributed by atoms with Gasteiger partial charge in [-0.2, -0.15) is 0 Å². The average Bonchev–Trinajstić information content (AvgIpc) is 3.77. The molecule has 6 heteroatoms. The third kappa shape index (κ3) is 4.41. The zero-order chi connectivity index (χ0) is 34.2. The molecule has 0 saturated carbocycles. The molecule has 11 aromatic rings. The Morgan fingerprint density at radius 1 is 0.462 bits per heavy atom. The van der Waals surface area contributed by atoms with Crippen molar-refractivity contribution in [3.63, 3.8) is 0 Å². The Kier molecular flexibility index (Phi) is 6.35. The number of rotatable bonds is 4.